The van der Waals surface area contributed by atoms with Gasteiger partial charge in [0.25, 0.3) is 5.91 Å². The van der Waals surface area contributed by atoms with Crippen molar-refractivity contribution >= 4 is 17.7 Å². The molecule has 0 aliphatic rings. The van der Waals surface area contributed by atoms with Gasteiger partial charge in [0.05, 0.1) is 18.7 Å². The van der Waals surface area contributed by atoms with E-state index >= 15 is 0 Å². The number of carbonyl (C=O) groups is 1. The number of hydrogen-bond donors (Lipinski definition) is 1. The average molecular weight is 322 g/mol. The van der Waals surface area contributed by atoms with Crippen LogP contribution < -0.4 is 14.8 Å². The number of benzene rings is 2. The highest BCUT2D eigenvalue weighted by Gasteiger charge is 2.08. The zero-order valence-corrected chi connectivity index (χ0v) is 13.6. The lowest BCUT2D eigenvalue weighted by molar-refractivity contribution is -0.118. The Bertz CT molecular complexity index is 791. The largest absolute Gasteiger partial charge is 0.493 e. The molecule has 122 valence electrons. The molecule has 0 saturated heterocycles. The van der Waals surface area contributed by atoms with Gasteiger partial charge in [-0.3, -0.25) is 4.79 Å². The molecular formula is C19H18N2O3. The van der Waals surface area contributed by atoms with Gasteiger partial charge in [-0.15, -0.1) is 0 Å². The van der Waals surface area contributed by atoms with Crippen LogP contribution >= 0.6 is 0 Å². The Balaban J connectivity index is 1.99. The third kappa shape index (κ3) is 4.62. The first kappa shape index (κ1) is 17.1. The molecule has 0 heterocycles. The maximum atomic E-state index is 12.0. The summed E-state index contributed by atoms with van der Waals surface area (Å²) in [5.41, 5.74) is 2.02. The van der Waals surface area contributed by atoms with Crippen LogP contribution in [0.5, 0.6) is 11.5 Å². The van der Waals surface area contributed by atoms with Crippen molar-refractivity contribution in [2.45, 2.75) is 6.92 Å². The molecule has 0 spiro atoms. The van der Waals surface area contributed by atoms with Crippen molar-refractivity contribution in [3.05, 3.63) is 59.7 Å². The van der Waals surface area contributed by atoms with Gasteiger partial charge in [-0.1, -0.05) is 24.3 Å². The Kier molecular flexibility index (Phi) is 5.98. The van der Waals surface area contributed by atoms with E-state index in [4.69, 9.17) is 14.7 Å². The average Bonchev–Trinajstić information content (AvgIpc) is 2.61. The topological polar surface area (TPSA) is 71.3 Å². The number of rotatable bonds is 6. The third-order valence-electron chi connectivity index (χ3n) is 3.18. The summed E-state index contributed by atoms with van der Waals surface area (Å²) in [5, 5.41) is 11.5. The maximum absolute atomic E-state index is 12.0. The predicted molar refractivity (Wildman–Crippen MR) is 93.0 cm³/mol. The molecule has 1 amide bonds. The van der Waals surface area contributed by atoms with Gasteiger partial charge in [0, 0.05) is 5.69 Å². The van der Waals surface area contributed by atoms with Crippen molar-refractivity contribution in [2.75, 3.05) is 19.0 Å². The summed E-state index contributed by atoms with van der Waals surface area (Å²) in [4.78, 5) is 12.0. The van der Waals surface area contributed by atoms with Gasteiger partial charge in [-0.2, -0.15) is 5.26 Å². The molecule has 0 fully saturated rings. The fraction of sp³-hybridized carbons (Fsp3) is 0.158. The fourth-order valence-electron chi connectivity index (χ4n) is 2.11. The summed E-state index contributed by atoms with van der Waals surface area (Å²) in [6, 6.07) is 14.2. The van der Waals surface area contributed by atoms with E-state index in [0.29, 0.717) is 22.7 Å². The Labute approximate surface area is 141 Å². The van der Waals surface area contributed by atoms with Gasteiger partial charge >= 0.3 is 0 Å². The van der Waals surface area contributed by atoms with E-state index in [1.807, 2.05) is 37.3 Å². The molecule has 5 heteroatoms. The van der Waals surface area contributed by atoms with Gasteiger partial charge in [0.1, 0.15) is 0 Å². The van der Waals surface area contributed by atoms with E-state index in [0.717, 1.165) is 5.56 Å². The summed E-state index contributed by atoms with van der Waals surface area (Å²) >= 11 is 0. The monoisotopic (exact) mass is 322 g/mol. The van der Waals surface area contributed by atoms with Crippen LogP contribution in [-0.2, 0) is 4.79 Å². The Hall–Kier alpha value is -3.26. The first-order chi connectivity index (χ1) is 11.7. The van der Waals surface area contributed by atoms with E-state index < -0.39 is 0 Å². The van der Waals surface area contributed by atoms with Gasteiger partial charge < -0.3 is 14.8 Å². The van der Waals surface area contributed by atoms with Gasteiger partial charge in [-0.25, -0.2) is 0 Å². The van der Waals surface area contributed by atoms with Gasteiger partial charge in [-0.05, 0) is 42.8 Å². The molecule has 2 aromatic rings. The minimum atomic E-state index is -0.315. The van der Waals surface area contributed by atoms with Crippen LogP contribution in [0.4, 0.5) is 5.69 Å². The zero-order chi connectivity index (χ0) is 17.4. The molecule has 0 aromatic heterocycles. The smallest absolute Gasteiger partial charge is 0.262 e. The van der Waals surface area contributed by atoms with Crippen LogP contribution in [0.1, 0.15) is 18.1 Å². The van der Waals surface area contributed by atoms with E-state index in [2.05, 4.69) is 5.32 Å². The van der Waals surface area contributed by atoms with Gasteiger partial charge in [0.2, 0.25) is 0 Å². The summed E-state index contributed by atoms with van der Waals surface area (Å²) < 4.78 is 10.8. The predicted octanol–water partition coefficient (Wildman–Crippen LogP) is 3.62. The van der Waals surface area contributed by atoms with Crippen LogP contribution in [0.25, 0.3) is 6.08 Å². The van der Waals surface area contributed by atoms with Crippen molar-refractivity contribution in [1.29, 1.82) is 5.26 Å². The second-order valence-electron chi connectivity index (χ2n) is 4.94. The van der Waals surface area contributed by atoms with E-state index in [9.17, 15) is 4.79 Å². The Morgan fingerprint density at radius 2 is 2.08 bits per heavy atom. The number of nitriles is 1. The minimum Gasteiger partial charge on any atom is -0.493 e. The van der Waals surface area contributed by atoms with Crippen molar-refractivity contribution in [3.8, 4) is 17.6 Å². The molecule has 0 radical (unpaired) electrons. The molecule has 0 saturated carbocycles. The quantitative estimate of drug-likeness (QED) is 0.882. The highest BCUT2D eigenvalue weighted by atomic mass is 16.5. The Morgan fingerprint density at radius 1 is 1.25 bits per heavy atom. The molecule has 1 N–H and O–H groups in total. The number of nitrogens with zero attached hydrogens (tertiary/aromatic N) is 1. The third-order valence-corrected chi connectivity index (χ3v) is 3.18. The lowest BCUT2D eigenvalue weighted by Crippen LogP contribution is -2.20. The molecular weight excluding hydrogens is 304 g/mol. The summed E-state index contributed by atoms with van der Waals surface area (Å²) in [7, 11) is 1.55. The van der Waals surface area contributed by atoms with Crippen LogP contribution in [0, 0.1) is 11.3 Å². The summed E-state index contributed by atoms with van der Waals surface area (Å²) in [6.07, 6.45) is 3.87. The molecule has 0 aliphatic carbocycles. The number of amides is 1. The fourth-order valence-corrected chi connectivity index (χ4v) is 2.11. The lowest BCUT2D eigenvalue weighted by atomic mass is 10.2. The van der Waals surface area contributed by atoms with Crippen LogP contribution in [-0.4, -0.2) is 19.6 Å². The first-order valence-electron chi connectivity index (χ1n) is 7.40. The number of anilines is 1. The Morgan fingerprint density at radius 3 is 2.79 bits per heavy atom. The van der Waals surface area contributed by atoms with Crippen LogP contribution in [0.15, 0.2) is 48.5 Å². The van der Waals surface area contributed by atoms with Crippen molar-refractivity contribution in [3.63, 3.8) is 0 Å². The molecule has 0 aliphatic heterocycles. The number of methoxy groups -OCH3 is 1. The van der Waals surface area contributed by atoms with E-state index in [-0.39, 0.29) is 12.5 Å². The van der Waals surface area contributed by atoms with E-state index in [1.165, 1.54) is 0 Å². The van der Waals surface area contributed by atoms with Crippen LogP contribution in [0.3, 0.4) is 0 Å². The van der Waals surface area contributed by atoms with Crippen molar-refractivity contribution in [2.24, 2.45) is 0 Å². The van der Waals surface area contributed by atoms with Crippen LogP contribution in [0.2, 0.25) is 0 Å². The second kappa shape index (κ2) is 8.39. The number of hydrogen-bond acceptors (Lipinski definition) is 4. The molecule has 5 nitrogen and oxygen atoms in total. The molecule has 0 bridgehead atoms. The number of ether oxygens (including phenoxy) is 2. The SMILES string of the molecule is CC=Cc1ccc(OCC(=O)Nc2cccc(C#N)c2)c(OC)c1. The summed E-state index contributed by atoms with van der Waals surface area (Å²) in [6.45, 7) is 1.78. The molecule has 2 aromatic carbocycles. The molecule has 0 atom stereocenters. The zero-order valence-electron chi connectivity index (χ0n) is 13.6. The number of allylic oxidation sites excluding steroid dienone is 1. The maximum Gasteiger partial charge on any atom is 0.262 e. The van der Waals surface area contributed by atoms with Crippen molar-refractivity contribution in [1.82, 2.24) is 0 Å². The minimum absolute atomic E-state index is 0.157. The van der Waals surface area contributed by atoms with E-state index in [1.54, 1.807) is 37.4 Å². The number of nitrogens with one attached hydrogen (secondary N) is 1. The van der Waals surface area contributed by atoms with Gasteiger partial charge in [0.15, 0.2) is 18.1 Å². The first-order valence-corrected chi connectivity index (χ1v) is 7.40. The molecule has 24 heavy (non-hydrogen) atoms. The normalized spacial score (nSPS) is 10.2. The molecule has 2 rings (SSSR count). The highest BCUT2D eigenvalue weighted by molar-refractivity contribution is 5.92. The summed E-state index contributed by atoms with van der Waals surface area (Å²) in [5.74, 6) is 0.737. The second-order valence-corrected chi connectivity index (χ2v) is 4.94. The lowest BCUT2D eigenvalue weighted by Gasteiger charge is -2.11. The highest BCUT2D eigenvalue weighted by Crippen LogP contribution is 2.28. The van der Waals surface area contributed by atoms with Crippen molar-refractivity contribution < 1.29 is 14.3 Å². The standard InChI is InChI=1S/C19H18N2O3/c1-3-5-14-8-9-17(18(11-14)23-2)24-13-19(22)21-16-7-4-6-15(10-16)12-20/h3-11H,13H2,1-2H3,(H,21,22). The molecule has 0 unspecified atom stereocenters. The number of carbonyl (C=O) groups excluding carboxylic acids is 1.